The fourth-order valence-electron chi connectivity index (χ4n) is 0.913. The summed E-state index contributed by atoms with van der Waals surface area (Å²) < 4.78 is 0. The maximum absolute atomic E-state index is 11.7. The Morgan fingerprint density at radius 2 is 2.00 bits per heavy atom. The first-order valence-electron chi connectivity index (χ1n) is 5.34. The maximum atomic E-state index is 11.7. The van der Waals surface area contributed by atoms with Gasteiger partial charge in [-0.2, -0.15) is 11.8 Å². The maximum Gasteiger partial charge on any atom is 0.237 e. The van der Waals surface area contributed by atoms with Crippen LogP contribution in [-0.4, -0.2) is 30.0 Å². The molecule has 1 amide bonds. The molecule has 0 aromatic heterocycles. The molecule has 2 atom stereocenters. The number of hydrogen-bond donors (Lipinski definition) is 2. The van der Waals surface area contributed by atoms with Crippen LogP contribution in [0.4, 0.5) is 0 Å². The Morgan fingerprint density at radius 1 is 1.47 bits per heavy atom. The van der Waals surface area contributed by atoms with Crippen molar-refractivity contribution in [3.05, 3.63) is 0 Å². The first-order valence-corrected chi connectivity index (χ1v) is 6.73. The first-order chi connectivity index (χ1) is 6.79. The predicted octanol–water partition coefficient (Wildman–Crippen LogP) is 1.62. The summed E-state index contributed by atoms with van der Waals surface area (Å²) in [5, 5.41) is 2.96. The van der Waals surface area contributed by atoms with Gasteiger partial charge < -0.3 is 11.1 Å². The third kappa shape index (κ3) is 6.05. The van der Waals surface area contributed by atoms with Crippen LogP contribution >= 0.6 is 11.8 Å². The molecule has 90 valence electrons. The van der Waals surface area contributed by atoms with Crippen molar-refractivity contribution < 1.29 is 4.79 Å². The summed E-state index contributed by atoms with van der Waals surface area (Å²) in [4.78, 5) is 11.7. The third-order valence-electron chi connectivity index (χ3n) is 2.63. The Morgan fingerprint density at radius 3 is 2.40 bits per heavy atom. The number of amides is 1. The first kappa shape index (κ1) is 14.8. The van der Waals surface area contributed by atoms with Crippen molar-refractivity contribution in [2.75, 3.05) is 12.0 Å². The number of nitrogens with one attached hydrogen (secondary N) is 1. The molecule has 3 N–H and O–H groups in total. The van der Waals surface area contributed by atoms with Gasteiger partial charge in [-0.25, -0.2) is 0 Å². The molecule has 0 rings (SSSR count). The highest BCUT2D eigenvalue weighted by Crippen LogP contribution is 2.18. The van der Waals surface area contributed by atoms with E-state index in [1.165, 1.54) is 0 Å². The molecule has 0 aromatic carbocycles. The van der Waals surface area contributed by atoms with E-state index >= 15 is 0 Å². The zero-order valence-corrected chi connectivity index (χ0v) is 11.3. The fourth-order valence-corrected chi connectivity index (χ4v) is 1.40. The van der Waals surface area contributed by atoms with Crippen LogP contribution in [-0.2, 0) is 4.79 Å². The van der Waals surface area contributed by atoms with Crippen molar-refractivity contribution in [1.29, 1.82) is 0 Å². The van der Waals surface area contributed by atoms with E-state index in [9.17, 15) is 4.79 Å². The lowest BCUT2D eigenvalue weighted by Crippen LogP contribution is -2.48. The van der Waals surface area contributed by atoms with Crippen molar-refractivity contribution in [2.24, 2.45) is 11.1 Å². The van der Waals surface area contributed by atoms with E-state index in [4.69, 9.17) is 5.73 Å². The summed E-state index contributed by atoms with van der Waals surface area (Å²) >= 11 is 1.71. The van der Waals surface area contributed by atoms with Gasteiger partial charge in [0, 0.05) is 6.04 Å². The molecular formula is C11H24N2OS. The Kier molecular flexibility index (Phi) is 6.29. The summed E-state index contributed by atoms with van der Waals surface area (Å²) in [5.74, 6) is 0.893. The lowest BCUT2D eigenvalue weighted by Gasteiger charge is -2.29. The highest BCUT2D eigenvalue weighted by molar-refractivity contribution is 7.98. The van der Waals surface area contributed by atoms with E-state index in [1.54, 1.807) is 11.8 Å². The Labute approximate surface area is 97.6 Å². The molecule has 0 aromatic rings. The average molecular weight is 232 g/mol. The van der Waals surface area contributed by atoms with Gasteiger partial charge in [-0.1, -0.05) is 20.8 Å². The molecule has 0 bridgehead atoms. The molecule has 0 fully saturated rings. The van der Waals surface area contributed by atoms with Gasteiger partial charge in [0.15, 0.2) is 0 Å². The van der Waals surface area contributed by atoms with Crippen LogP contribution in [0.25, 0.3) is 0 Å². The minimum Gasteiger partial charge on any atom is -0.352 e. The van der Waals surface area contributed by atoms with Crippen molar-refractivity contribution in [3.8, 4) is 0 Å². The van der Waals surface area contributed by atoms with Gasteiger partial charge >= 0.3 is 0 Å². The van der Waals surface area contributed by atoms with Gasteiger partial charge in [0.25, 0.3) is 0 Å². The van der Waals surface area contributed by atoms with Crippen molar-refractivity contribution in [2.45, 2.75) is 46.2 Å². The zero-order chi connectivity index (χ0) is 12.1. The summed E-state index contributed by atoms with van der Waals surface area (Å²) in [6, 6.07) is -0.229. The van der Waals surface area contributed by atoms with Gasteiger partial charge in [0.2, 0.25) is 5.91 Å². The summed E-state index contributed by atoms with van der Waals surface area (Å²) in [6.45, 7) is 8.32. The van der Waals surface area contributed by atoms with E-state index in [0.717, 1.165) is 12.2 Å². The van der Waals surface area contributed by atoms with Gasteiger partial charge in [-0.05, 0) is 30.8 Å². The molecule has 0 radical (unpaired) electrons. The molecule has 3 nitrogen and oxygen atoms in total. The Hall–Kier alpha value is -0.220. The average Bonchev–Trinajstić information content (AvgIpc) is 2.12. The van der Waals surface area contributed by atoms with E-state index in [-0.39, 0.29) is 23.4 Å². The van der Waals surface area contributed by atoms with E-state index in [2.05, 4.69) is 26.1 Å². The third-order valence-corrected chi connectivity index (χ3v) is 3.27. The summed E-state index contributed by atoms with van der Waals surface area (Å²) in [6.07, 6.45) is 2.76. The molecule has 0 heterocycles. The summed E-state index contributed by atoms with van der Waals surface area (Å²) in [7, 11) is 0. The zero-order valence-electron chi connectivity index (χ0n) is 10.5. The van der Waals surface area contributed by atoms with E-state index < -0.39 is 0 Å². The molecule has 4 heteroatoms. The van der Waals surface area contributed by atoms with Gasteiger partial charge in [-0.15, -0.1) is 0 Å². The second-order valence-electron chi connectivity index (χ2n) is 4.98. The second kappa shape index (κ2) is 6.38. The highest BCUT2D eigenvalue weighted by Gasteiger charge is 2.23. The molecule has 0 spiro atoms. The van der Waals surface area contributed by atoms with Crippen LogP contribution in [0.5, 0.6) is 0 Å². The van der Waals surface area contributed by atoms with Crippen LogP contribution in [0.1, 0.15) is 34.1 Å². The van der Waals surface area contributed by atoms with Crippen LogP contribution < -0.4 is 11.1 Å². The number of carbonyl (C=O) groups is 1. The van der Waals surface area contributed by atoms with E-state index in [1.807, 2.05) is 13.2 Å². The lowest BCUT2D eigenvalue weighted by molar-refractivity contribution is -0.123. The molecule has 0 aliphatic rings. The van der Waals surface area contributed by atoms with Crippen molar-refractivity contribution in [3.63, 3.8) is 0 Å². The Balaban J connectivity index is 4.02. The number of carbonyl (C=O) groups excluding carboxylic acids is 1. The molecular weight excluding hydrogens is 208 g/mol. The van der Waals surface area contributed by atoms with Crippen LogP contribution in [0.2, 0.25) is 0 Å². The molecule has 0 aliphatic heterocycles. The normalized spacial score (nSPS) is 15.9. The number of nitrogens with two attached hydrogens (primary N) is 1. The number of hydrogen-bond acceptors (Lipinski definition) is 3. The monoisotopic (exact) mass is 232 g/mol. The SMILES string of the molecule is CSCC[C@H](N)C(=O)NC(C)C(C)(C)C. The lowest BCUT2D eigenvalue weighted by atomic mass is 9.88. The molecule has 0 saturated heterocycles. The summed E-state index contributed by atoms with van der Waals surface area (Å²) in [5.41, 5.74) is 5.85. The van der Waals surface area contributed by atoms with Gasteiger partial charge in [-0.3, -0.25) is 4.79 Å². The topological polar surface area (TPSA) is 55.1 Å². The molecule has 0 saturated carbocycles. The smallest absolute Gasteiger partial charge is 0.237 e. The highest BCUT2D eigenvalue weighted by atomic mass is 32.2. The number of thioether (sulfide) groups is 1. The predicted molar refractivity (Wildman–Crippen MR) is 68.0 cm³/mol. The standard InChI is InChI=1S/C11H24N2OS/c1-8(11(2,3)4)13-10(14)9(12)6-7-15-5/h8-9H,6-7,12H2,1-5H3,(H,13,14)/t8?,9-/m0/s1. The van der Waals surface area contributed by atoms with Crippen LogP contribution in [0.15, 0.2) is 0 Å². The molecule has 1 unspecified atom stereocenters. The van der Waals surface area contributed by atoms with Crippen LogP contribution in [0.3, 0.4) is 0 Å². The van der Waals surface area contributed by atoms with E-state index in [0.29, 0.717) is 0 Å². The second-order valence-corrected chi connectivity index (χ2v) is 5.97. The minimum absolute atomic E-state index is 0.0357. The molecule has 0 aliphatic carbocycles. The van der Waals surface area contributed by atoms with Gasteiger partial charge in [0.05, 0.1) is 6.04 Å². The Bertz CT molecular complexity index is 201. The minimum atomic E-state index is -0.373. The van der Waals surface area contributed by atoms with Crippen molar-refractivity contribution in [1.82, 2.24) is 5.32 Å². The largest absolute Gasteiger partial charge is 0.352 e. The van der Waals surface area contributed by atoms with Crippen LogP contribution in [0, 0.1) is 5.41 Å². The molecule has 15 heavy (non-hydrogen) atoms. The quantitative estimate of drug-likeness (QED) is 0.757. The van der Waals surface area contributed by atoms with Gasteiger partial charge in [0.1, 0.15) is 0 Å². The fraction of sp³-hybridized carbons (Fsp3) is 0.909. The number of rotatable bonds is 5. The van der Waals surface area contributed by atoms with Crippen molar-refractivity contribution >= 4 is 17.7 Å².